The van der Waals surface area contributed by atoms with Gasteiger partial charge >= 0.3 is 6.01 Å². The third-order valence-corrected chi connectivity index (χ3v) is 12.9. The van der Waals surface area contributed by atoms with Gasteiger partial charge in [-0.1, -0.05) is 13.0 Å². The maximum atomic E-state index is 15.2. The highest BCUT2D eigenvalue weighted by atomic mass is 19.1. The molecule has 0 radical (unpaired) electrons. The van der Waals surface area contributed by atoms with Gasteiger partial charge in [-0.15, -0.1) is 0 Å². The van der Waals surface area contributed by atoms with Crippen molar-refractivity contribution >= 4 is 28.2 Å². The molecule has 5 aliphatic heterocycles. The molecule has 4 fully saturated rings. The molecule has 0 unspecified atom stereocenters. The van der Waals surface area contributed by atoms with Gasteiger partial charge in [-0.3, -0.25) is 14.4 Å². The number of alkyl halides is 1. The number of hydrogen-bond donors (Lipinski definition) is 1. The van der Waals surface area contributed by atoms with Crippen LogP contribution in [0.1, 0.15) is 78.5 Å². The summed E-state index contributed by atoms with van der Waals surface area (Å²) in [4.78, 5) is 32.3. The minimum atomic E-state index is -0.864. The number of piperidine rings is 1. The summed E-state index contributed by atoms with van der Waals surface area (Å²) in [5.74, 6) is 1.38. The Balaban J connectivity index is 1.00. The van der Waals surface area contributed by atoms with Crippen molar-refractivity contribution in [3.63, 3.8) is 0 Å². The average molecular weight is 725 g/mol. The molecule has 53 heavy (non-hydrogen) atoms. The smallest absolute Gasteiger partial charge is 0.318 e. The van der Waals surface area contributed by atoms with Gasteiger partial charge in [0, 0.05) is 67.9 Å². The number of halogens is 2. The predicted molar refractivity (Wildman–Crippen MR) is 196 cm³/mol. The minimum Gasteiger partial charge on any atom is -0.508 e. The first-order valence-corrected chi connectivity index (χ1v) is 19.5. The summed E-state index contributed by atoms with van der Waals surface area (Å²) >= 11 is 0. The van der Waals surface area contributed by atoms with Crippen LogP contribution < -0.4 is 14.5 Å². The molecule has 11 nitrogen and oxygen atoms in total. The Hall–Kier alpha value is -4.52. The van der Waals surface area contributed by atoms with Crippen molar-refractivity contribution in [2.45, 2.75) is 95.7 Å². The zero-order valence-electron chi connectivity index (χ0n) is 30.2. The van der Waals surface area contributed by atoms with E-state index in [1.54, 1.807) is 18.2 Å². The van der Waals surface area contributed by atoms with Crippen LogP contribution in [-0.4, -0.2) is 97.6 Å². The number of aryl methyl sites for hydroxylation is 2. The second kappa shape index (κ2) is 12.5. The number of ether oxygens (including phenoxy) is 1. The maximum Gasteiger partial charge on any atom is 0.318 e. The van der Waals surface area contributed by atoms with Gasteiger partial charge in [0.15, 0.2) is 5.69 Å². The van der Waals surface area contributed by atoms with E-state index in [2.05, 4.69) is 14.7 Å². The number of rotatable bonds is 7. The fourth-order valence-corrected chi connectivity index (χ4v) is 10.2. The van der Waals surface area contributed by atoms with Crippen molar-refractivity contribution in [3.05, 3.63) is 64.4 Å². The lowest BCUT2D eigenvalue weighted by Crippen LogP contribution is -2.43. The Bertz CT molecular complexity index is 2130. The highest BCUT2D eigenvalue weighted by Gasteiger charge is 2.50. The van der Waals surface area contributed by atoms with E-state index >= 15 is 4.39 Å². The van der Waals surface area contributed by atoms with E-state index in [1.165, 1.54) is 6.07 Å². The number of phenols is 1. The summed E-state index contributed by atoms with van der Waals surface area (Å²) in [6.45, 7) is 7.43. The molecule has 0 bridgehead atoms. The SMILES string of the molecule is CCc1c(F)ccc2cc(O)cc(N3CCc4c(nc(OC[C@@]56CCCN5C[C@H](F)C6)nc4N4CCCn5nc(C(=O)N6CC[C@H]7C[C@H]76)cc5C4)C3)c12. The van der Waals surface area contributed by atoms with Gasteiger partial charge in [0.05, 0.1) is 30.0 Å². The molecule has 278 valence electrons. The zero-order valence-corrected chi connectivity index (χ0v) is 30.2. The van der Waals surface area contributed by atoms with Crippen LogP contribution in [0.15, 0.2) is 30.3 Å². The van der Waals surface area contributed by atoms with Gasteiger partial charge in [-0.05, 0) is 86.6 Å². The largest absolute Gasteiger partial charge is 0.508 e. The number of nitrogens with zero attached hydrogens (tertiary/aromatic N) is 8. The quantitative estimate of drug-likeness (QED) is 0.269. The number of anilines is 2. The van der Waals surface area contributed by atoms with Crippen LogP contribution >= 0.6 is 0 Å². The van der Waals surface area contributed by atoms with Gasteiger partial charge in [-0.2, -0.15) is 15.1 Å². The van der Waals surface area contributed by atoms with E-state index < -0.39 is 6.17 Å². The van der Waals surface area contributed by atoms with Crippen molar-refractivity contribution in [2.24, 2.45) is 5.92 Å². The van der Waals surface area contributed by atoms with Gasteiger partial charge < -0.3 is 24.5 Å². The second-order valence-corrected chi connectivity index (χ2v) is 16.1. The van der Waals surface area contributed by atoms with Crippen molar-refractivity contribution < 1.29 is 23.4 Å². The molecule has 2 aromatic heterocycles. The molecule has 1 aliphatic carbocycles. The number of fused-ring (bicyclic) bond motifs is 5. The summed E-state index contributed by atoms with van der Waals surface area (Å²) in [7, 11) is 0. The highest BCUT2D eigenvalue weighted by Crippen LogP contribution is 2.45. The summed E-state index contributed by atoms with van der Waals surface area (Å²) in [6.07, 6.45) is 5.68. The van der Waals surface area contributed by atoms with Crippen LogP contribution in [0.5, 0.6) is 11.8 Å². The molecule has 1 saturated carbocycles. The summed E-state index contributed by atoms with van der Waals surface area (Å²) in [5.41, 5.74) is 4.40. The third-order valence-electron chi connectivity index (χ3n) is 12.9. The Labute approximate surface area is 307 Å². The first-order valence-electron chi connectivity index (χ1n) is 19.5. The number of phenolic OH excluding ortho intramolecular Hbond substituents is 1. The Morgan fingerprint density at radius 3 is 2.79 bits per heavy atom. The third kappa shape index (κ3) is 5.60. The van der Waals surface area contributed by atoms with E-state index in [4.69, 9.17) is 19.8 Å². The molecule has 13 heteroatoms. The molecule has 7 heterocycles. The van der Waals surface area contributed by atoms with Crippen molar-refractivity contribution in [3.8, 4) is 11.8 Å². The minimum absolute atomic E-state index is 0.0330. The lowest BCUT2D eigenvalue weighted by atomic mass is 9.95. The zero-order chi connectivity index (χ0) is 36.0. The normalized spacial score (nSPS) is 26.4. The summed E-state index contributed by atoms with van der Waals surface area (Å²) in [5, 5.41) is 17.2. The fourth-order valence-electron chi connectivity index (χ4n) is 10.2. The molecule has 2 aromatic carbocycles. The molecular weight excluding hydrogens is 678 g/mol. The predicted octanol–water partition coefficient (Wildman–Crippen LogP) is 5.40. The van der Waals surface area contributed by atoms with Gasteiger partial charge in [0.25, 0.3) is 5.91 Å². The number of amides is 1. The molecule has 4 atom stereocenters. The number of aromatic nitrogens is 4. The van der Waals surface area contributed by atoms with Crippen LogP contribution in [0.4, 0.5) is 20.3 Å². The van der Waals surface area contributed by atoms with Crippen molar-refractivity contribution in [2.75, 3.05) is 49.1 Å². The van der Waals surface area contributed by atoms with E-state index in [0.717, 1.165) is 91.0 Å². The maximum absolute atomic E-state index is 15.2. The number of aromatic hydroxyl groups is 1. The van der Waals surface area contributed by atoms with Crippen molar-refractivity contribution in [1.82, 2.24) is 29.5 Å². The number of likely N-dealkylation sites (tertiary alicyclic amines) is 1. The molecular formula is C40H46F2N8O3. The van der Waals surface area contributed by atoms with E-state index in [1.807, 2.05) is 22.6 Å². The number of carbonyl (C=O) groups is 1. The highest BCUT2D eigenvalue weighted by molar-refractivity contribution is 5.98. The topological polar surface area (TPSA) is 103 Å². The standard InChI is InChI=1S/C40H46F2N8O3/c1-2-29-31(42)6-5-25-15-28(51)18-35(36(25)29)46-13-8-30-33(22-46)43-39(53-23-40-9-3-11-48(40)20-26(41)19-40)44-37(30)47-10-4-12-50-27(21-47)17-32(45-50)38(52)49-14-7-24-16-34(24)49/h5-6,15,17-18,24,26,34,51H,2-4,7-14,16,19-23H2,1H3/t24-,26+,34+,40-/m0/s1. The van der Waals surface area contributed by atoms with Gasteiger partial charge in [0.2, 0.25) is 0 Å². The Morgan fingerprint density at radius 2 is 1.96 bits per heavy atom. The molecule has 0 spiro atoms. The lowest BCUT2D eigenvalue weighted by molar-refractivity contribution is 0.0761. The number of carbonyl (C=O) groups excluding carboxylic acids is 1. The van der Waals surface area contributed by atoms with Crippen LogP contribution in [-0.2, 0) is 32.5 Å². The molecule has 1 N–H and O–H groups in total. The number of benzene rings is 2. The van der Waals surface area contributed by atoms with E-state index in [9.17, 15) is 14.3 Å². The van der Waals surface area contributed by atoms with E-state index in [-0.39, 0.29) is 29.0 Å². The Morgan fingerprint density at radius 1 is 1.06 bits per heavy atom. The van der Waals surface area contributed by atoms with Crippen LogP contribution in [0.25, 0.3) is 10.8 Å². The lowest BCUT2D eigenvalue weighted by Gasteiger charge is -2.35. The molecule has 1 amide bonds. The molecule has 10 rings (SSSR count). The van der Waals surface area contributed by atoms with Crippen LogP contribution in [0.2, 0.25) is 0 Å². The van der Waals surface area contributed by atoms with Crippen LogP contribution in [0.3, 0.4) is 0 Å². The van der Waals surface area contributed by atoms with Gasteiger partial charge in [-0.25, -0.2) is 8.78 Å². The average Bonchev–Trinajstić information content (AvgIpc) is 3.35. The molecule has 3 saturated heterocycles. The fraction of sp³-hybridized carbons (Fsp3) is 0.550. The molecule has 6 aliphatic rings. The second-order valence-electron chi connectivity index (χ2n) is 16.1. The van der Waals surface area contributed by atoms with Gasteiger partial charge in [0.1, 0.15) is 30.2 Å². The number of hydrogen-bond acceptors (Lipinski definition) is 9. The van der Waals surface area contributed by atoms with Crippen molar-refractivity contribution in [1.29, 1.82) is 0 Å². The first-order chi connectivity index (χ1) is 25.8. The summed E-state index contributed by atoms with van der Waals surface area (Å²) < 4.78 is 38.3. The molecule has 4 aromatic rings. The van der Waals surface area contributed by atoms with E-state index in [0.29, 0.717) is 81.8 Å². The monoisotopic (exact) mass is 724 g/mol. The summed E-state index contributed by atoms with van der Waals surface area (Å²) in [6, 6.07) is 9.23. The Kier molecular flexibility index (Phi) is 7.82. The van der Waals surface area contributed by atoms with Crippen LogP contribution in [0, 0.1) is 11.7 Å². The first kappa shape index (κ1) is 33.1.